The summed E-state index contributed by atoms with van der Waals surface area (Å²) in [5.74, 6) is 0.388. The number of rotatable bonds is 6. The van der Waals surface area contributed by atoms with Crippen LogP contribution in [0.5, 0.6) is 0 Å². The molecule has 1 aliphatic rings. The Morgan fingerprint density at radius 3 is 2.38 bits per heavy atom. The molecule has 0 unspecified atom stereocenters. The van der Waals surface area contributed by atoms with E-state index in [4.69, 9.17) is 0 Å². The summed E-state index contributed by atoms with van der Waals surface area (Å²) in [6.45, 7) is 4.10. The summed E-state index contributed by atoms with van der Waals surface area (Å²) < 4.78 is 27.3. The molecular formula is C17H21N3O3S. The van der Waals surface area contributed by atoms with Crippen LogP contribution >= 0.6 is 0 Å². The quantitative estimate of drug-likeness (QED) is 0.750. The molecule has 1 aromatic heterocycles. The van der Waals surface area contributed by atoms with Crippen molar-refractivity contribution >= 4 is 21.7 Å². The first-order valence-corrected chi connectivity index (χ1v) is 9.46. The topological polar surface area (TPSA) is 91.1 Å². The molecule has 0 atom stereocenters. The minimum Gasteiger partial charge on any atom is -0.348 e. The summed E-state index contributed by atoms with van der Waals surface area (Å²) in [6, 6.07) is 10.1. The number of aromatic nitrogens is 1. The minimum atomic E-state index is -3.69. The first-order chi connectivity index (χ1) is 11.3. The maximum absolute atomic E-state index is 12.4. The highest BCUT2D eigenvalue weighted by Crippen LogP contribution is 2.21. The van der Waals surface area contributed by atoms with Crippen LogP contribution in [0.2, 0.25) is 0 Å². The Morgan fingerprint density at radius 2 is 1.79 bits per heavy atom. The zero-order valence-electron chi connectivity index (χ0n) is 13.7. The fourth-order valence-corrected chi connectivity index (χ4v) is 3.33. The van der Waals surface area contributed by atoms with Crippen LogP contribution in [0.1, 0.15) is 48.7 Å². The van der Waals surface area contributed by atoms with Crippen LogP contribution in [0.4, 0.5) is 5.82 Å². The first kappa shape index (κ1) is 16.6. The highest BCUT2D eigenvalue weighted by molar-refractivity contribution is 7.92. The molecule has 24 heavy (non-hydrogen) atoms. The molecule has 2 aromatic rings. The summed E-state index contributed by atoms with van der Waals surface area (Å²) in [4.78, 5) is 14.9. The second-order valence-corrected chi connectivity index (χ2v) is 8.05. The van der Waals surface area contributed by atoms with Gasteiger partial charge < -0.3 is 10.3 Å². The number of hydrogen-bond acceptors (Lipinski definition) is 3. The lowest BCUT2D eigenvalue weighted by Crippen LogP contribution is -2.25. The summed E-state index contributed by atoms with van der Waals surface area (Å²) in [7, 11) is -3.69. The van der Waals surface area contributed by atoms with Crippen LogP contribution in [0.3, 0.4) is 0 Å². The van der Waals surface area contributed by atoms with Gasteiger partial charge in [0, 0.05) is 6.04 Å². The van der Waals surface area contributed by atoms with Gasteiger partial charge >= 0.3 is 0 Å². The highest BCUT2D eigenvalue weighted by atomic mass is 32.2. The summed E-state index contributed by atoms with van der Waals surface area (Å²) in [6.07, 6.45) is 2.00. The van der Waals surface area contributed by atoms with E-state index >= 15 is 0 Å². The Morgan fingerprint density at radius 1 is 1.12 bits per heavy atom. The van der Waals surface area contributed by atoms with Gasteiger partial charge in [-0.25, -0.2) is 8.42 Å². The number of carbonyl (C=O) groups is 1. The smallest absolute Gasteiger partial charge is 0.267 e. The van der Waals surface area contributed by atoms with Gasteiger partial charge in [-0.2, -0.15) is 0 Å². The second kappa shape index (κ2) is 6.32. The third-order valence-corrected chi connectivity index (χ3v) is 5.33. The number of H-pyrrole nitrogens is 1. The van der Waals surface area contributed by atoms with Gasteiger partial charge in [-0.05, 0) is 48.6 Å². The van der Waals surface area contributed by atoms with Crippen LogP contribution in [0, 0.1) is 0 Å². The van der Waals surface area contributed by atoms with E-state index in [1.807, 2.05) is 12.1 Å². The SMILES string of the molecule is CC(C)c1ccc(S(=O)(=O)Nc2ccc(C(=O)NC3CC3)[nH]2)cc1. The first-order valence-electron chi connectivity index (χ1n) is 7.98. The molecular weight excluding hydrogens is 326 g/mol. The number of carbonyl (C=O) groups excluding carboxylic acids is 1. The molecule has 3 rings (SSSR count). The lowest BCUT2D eigenvalue weighted by Gasteiger charge is -2.09. The van der Waals surface area contributed by atoms with E-state index in [1.54, 1.807) is 24.3 Å². The van der Waals surface area contributed by atoms with Gasteiger partial charge in [0.25, 0.3) is 15.9 Å². The number of anilines is 1. The molecule has 128 valence electrons. The van der Waals surface area contributed by atoms with Crippen molar-refractivity contribution in [2.75, 3.05) is 4.72 Å². The highest BCUT2D eigenvalue weighted by Gasteiger charge is 2.24. The van der Waals surface area contributed by atoms with E-state index < -0.39 is 10.0 Å². The zero-order valence-corrected chi connectivity index (χ0v) is 14.5. The Hall–Kier alpha value is -2.28. The molecule has 0 saturated heterocycles. The molecule has 0 radical (unpaired) electrons. The lowest BCUT2D eigenvalue weighted by atomic mass is 10.0. The van der Waals surface area contributed by atoms with Gasteiger partial charge in [0.05, 0.1) is 4.90 Å². The van der Waals surface area contributed by atoms with E-state index in [9.17, 15) is 13.2 Å². The largest absolute Gasteiger partial charge is 0.348 e. The standard InChI is InChI=1S/C17H21N3O3S/c1-11(2)12-3-7-14(8-4-12)24(22,23)20-16-10-9-15(19-16)17(21)18-13-5-6-13/h3-4,7-11,13,19-20H,5-6H2,1-2H3,(H,18,21). The molecule has 0 spiro atoms. The van der Waals surface area contributed by atoms with E-state index in [0.717, 1.165) is 18.4 Å². The summed E-state index contributed by atoms with van der Waals surface area (Å²) in [5, 5.41) is 2.85. The molecule has 7 heteroatoms. The van der Waals surface area contributed by atoms with Crippen molar-refractivity contribution in [3.05, 3.63) is 47.7 Å². The van der Waals surface area contributed by atoms with Crippen LogP contribution in [0.25, 0.3) is 0 Å². The fourth-order valence-electron chi connectivity index (χ4n) is 2.31. The second-order valence-electron chi connectivity index (χ2n) is 6.36. The normalized spacial score (nSPS) is 14.6. The van der Waals surface area contributed by atoms with Crippen molar-refractivity contribution in [1.29, 1.82) is 0 Å². The van der Waals surface area contributed by atoms with Crippen LogP contribution < -0.4 is 10.0 Å². The molecule has 3 N–H and O–H groups in total. The molecule has 1 aliphatic carbocycles. The fraction of sp³-hybridized carbons (Fsp3) is 0.353. The van der Waals surface area contributed by atoms with Gasteiger partial charge in [0.15, 0.2) is 0 Å². The van der Waals surface area contributed by atoms with Crippen molar-refractivity contribution < 1.29 is 13.2 Å². The van der Waals surface area contributed by atoms with Crippen molar-refractivity contribution in [2.24, 2.45) is 0 Å². The number of benzene rings is 1. The number of aromatic amines is 1. The van der Waals surface area contributed by atoms with Gasteiger partial charge in [-0.3, -0.25) is 9.52 Å². The minimum absolute atomic E-state index is 0.186. The predicted molar refractivity (Wildman–Crippen MR) is 92.6 cm³/mol. The number of amides is 1. The van der Waals surface area contributed by atoms with E-state index in [2.05, 4.69) is 28.9 Å². The third-order valence-electron chi connectivity index (χ3n) is 3.94. The molecule has 1 heterocycles. The average Bonchev–Trinajstić information content (AvgIpc) is 3.23. The number of nitrogens with one attached hydrogen (secondary N) is 3. The number of hydrogen-bond donors (Lipinski definition) is 3. The van der Waals surface area contributed by atoms with E-state index in [-0.39, 0.29) is 22.7 Å². The van der Waals surface area contributed by atoms with Crippen molar-refractivity contribution in [3.8, 4) is 0 Å². The van der Waals surface area contributed by atoms with Gasteiger partial charge in [-0.15, -0.1) is 0 Å². The van der Waals surface area contributed by atoms with Gasteiger partial charge in [-0.1, -0.05) is 26.0 Å². The zero-order chi connectivity index (χ0) is 17.3. The summed E-state index contributed by atoms with van der Waals surface area (Å²) in [5.41, 5.74) is 1.42. The maximum Gasteiger partial charge on any atom is 0.267 e. The monoisotopic (exact) mass is 347 g/mol. The molecule has 6 nitrogen and oxygen atoms in total. The van der Waals surface area contributed by atoms with Crippen LogP contribution in [-0.4, -0.2) is 25.4 Å². The Balaban J connectivity index is 1.72. The van der Waals surface area contributed by atoms with E-state index in [1.165, 1.54) is 0 Å². The van der Waals surface area contributed by atoms with Gasteiger partial charge in [0.1, 0.15) is 11.5 Å². The third kappa shape index (κ3) is 3.79. The Labute approximate surface area is 141 Å². The molecule has 1 saturated carbocycles. The summed E-state index contributed by atoms with van der Waals surface area (Å²) >= 11 is 0. The van der Waals surface area contributed by atoms with Crippen molar-refractivity contribution in [2.45, 2.75) is 43.5 Å². The molecule has 1 fully saturated rings. The molecule has 1 amide bonds. The van der Waals surface area contributed by atoms with Crippen LogP contribution in [-0.2, 0) is 10.0 Å². The lowest BCUT2D eigenvalue weighted by molar-refractivity contribution is 0.0946. The molecule has 1 aromatic carbocycles. The Bertz CT molecular complexity index is 834. The van der Waals surface area contributed by atoms with Crippen molar-refractivity contribution in [1.82, 2.24) is 10.3 Å². The van der Waals surface area contributed by atoms with E-state index in [0.29, 0.717) is 11.6 Å². The predicted octanol–water partition coefficient (Wildman–Crippen LogP) is 2.83. The van der Waals surface area contributed by atoms with Crippen molar-refractivity contribution in [3.63, 3.8) is 0 Å². The number of sulfonamides is 1. The maximum atomic E-state index is 12.4. The average molecular weight is 347 g/mol. The molecule has 0 bridgehead atoms. The molecule has 0 aliphatic heterocycles. The van der Waals surface area contributed by atoms with Crippen LogP contribution in [0.15, 0.2) is 41.3 Å². The van der Waals surface area contributed by atoms with Gasteiger partial charge in [0.2, 0.25) is 0 Å². The Kier molecular flexibility index (Phi) is 4.36.